The summed E-state index contributed by atoms with van der Waals surface area (Å²) in [5, 5.41) is 15.3. The Morgan fingerprint density at radius 3 is 1.55 bits per heavy atom. The molecule has 0 heterocycles. The van der Waals surface area contributed by atoms with Gasteiger partial charge in [0.25, 0.3) is 11.8 Å². The zero-order valence-electron chi connectivity index (χ0n) is 17.6. The molecule has 2 atom stereocenters. The fourth-order valence-electron chi connectivity index (χ4n) is 3.17. The van der Waals surface area contributed by atoms with Gasteiger partial charge in [-0.15, -0.1) is 0 Å². The number of nitrogens with one attached hydrogen (secondary N) is 2. The second-order valence-corrected chi connectivity index (χ2v) is 7.36. The van der Waals surface area contributed by atoms with E-state index in [0.717, 1.165) is 11.1 Å². The third-order valence-corrected chi connectivity index (χ3v) is 4.99. The third-order valence-electron chi connectivity index (χ3n) is 4.99. The van der Waals surface area contributed by atoms with Gasteiger partial charge in [0.1, 0.15) is 11.3 Å². The molecule has 3 rings (SSSR count). The molecule has 0 aromatic heterocycles. The highest BCUT2D eigenvalue weighted by molar-refractivity contribution is 6.21. The van der Waals surface area contributed by atoms with Gasteiger partial charge >= 0.3 is 0 Å². The number of rotatable bonds is 7. The van der Waals surface area contributed by atoms with Crippen molar-refractivity contribution in [3.05, 3.63) is 107 Å². The number of amides is 2. The molecule has 0 bridgehead atoms. The average molecular weight is 415 g/mol. The van der Waals surface area contributed by atoms with Gasteiger partial charge in [0.05, 0.1) is 12.1 Å². The molecule has 0 unspecified atom stereocenters. The van der Waals surface area contributed by atoms with Crippen molar-refractivity contribution in [3.63, 3.8) is 0 Å². The molecule has 0 fully saturated rings. The Morgan fingerprint density at radius 2 is 1.13 bits per heavy atom. The van der Waals surface area contributed by atoms with Gasteiger partial charge in [-0.25, -0.2) is 0 Å². The quantitative estimate of drug-likeness (QED) is 0.302. The topological polar surface area (TPSA) is 78.4 Å². The van der Waals surface area contributed by atoms with Crippen LogP contribution in [-0.2, 0) is 9.59 Å². The highest BCUT2D eigenvalue weighted by atomic mass is 16.3. The van der Waals surface area contributed by atoms with Gasteiger partial charge in [0, 0.05) is 0 Å². The summed E-state index contributed by atoms with van der Waals surface area (Å²) >= 11 is 0. The summed E-state index contributed by atoms with van der Waals surface area (Å²) < 4.78 is 0. The summed E-state index contributed by atoms with van der Waals surface area (Å²) in [6, 6.07) is 24.9. The van der Waals surface area contributed by atoms with E-state index in [1.807, 2.05) is 74.5 Å². The molecule has 0 aliphatic heterocycles. The molecule has 0 radical (unpaired) electrons. The Morgan fingerprint density at radius 1 is 0.710 bits per heavy atom. The van der Waals surface area contributed by atoms with Crippen LogP contribution in [0, 0.1) is 0 Å². The van der Waals surface area contributed by atoms with E-state index in [1.165, 1.54) is 18.2 Å². The lowest BCUT2D eigenvalue weighted by molar-refractivity contribution is -0.124. The van der Waals surface area contributed by atoms with Crippen LogP contribution in [0.4, 0.5) is 0 Å². The van der Waals surface area contributed by atoms with Crippen molar-refractivity contribution < 1.29 is 14.7 Å². The molecular formula is C26H26N2O3. The minimum atomic E-state index is -0.470. The first-order chi connectivity index (χ1) is 14.9. The maximum atomic E-state index is 13.1. The van der Waals surface area contributed by atoms with E-state index in [2.05, 4.69) is 10.6 Å². The number of carbonyl (C=O) groups excluding carboxylic acids is 2. The minimum absolute atomic E-state index is 0.00347. The number of phenols is 1. The Hall–Kier alpha value is -3.86. The number of carbonyl (C=O) groups is 2. The number of aromatic hydroxyl groups is 1. The summed E-state index contributed by atoms with van der Waals surface area (Å²) in [6.07, 6.45) is 1.53. The van der Waals surface area contributed by atoms with Crippen molar-refractivity contribution in [1.82, 2.24) is 10.6 Å². The van der Waals surface area contributed by atoms with Crippen molar-refractivity contribution in [2.45, 2.75) is 25.9 Å². The second kappa shape index (κ2) is 10.3. The molecule has 0 aliphatic carbocycles. The van der Waals surface area contributed by atoms with Crippen LogP contribution in [0.15, 0.2) is 90.5 Å². The van der Waals surface area contributed by atoms with Gasteiger partial charge in [0.2, 0.25) is 0 Å². The standard InChI is InChI=1S/C26H26N2O3/c1-18(21-9-5-3-6-10-21)27-25(30)24(17-20-13-15-23(29)16-14-20)26(31)28-19(2)22-11-7-4-8-12-22/h3-19,29H,1-2H3,(H,27,30)(H,28,31)/t18-,19+. The molecule has 5 nitrogen and oxygen atoms in total. The predicted molar refractivity (Wildman–Crippen MR) is 122 cm³/mol. The Kier molecular flexibility index (Phi) is 7.22. The van der Waals surface area contributed by atoms with Crippen LogP contribution in [0.5, 0.6) is 5.75 Å². The Labute approximate surface area is 182 Å². The van der Waals surface area contributed by atoms with Gasteiger partial charge in [0.15, 0.2) is 0 Å². The molecule has 0 saturated carbocycles. The lowest BCUT2D eigenvalue weighted by Crippen LogP contribution is -2.36. The fourth-order valence-corrected chi connectivity index (χ4v) is 3.17. The lowest BCUT2D eigenvalue weighted by Gasteiger charge is -2.18. The summed E-state index contributed by atoms with van der Waals surface area (Å²) in [5.41, 5.74) is 2.52. The van der Waals surface area contributed by atoms with Crippen LogP contribution in [0.2, 0.25) is 0 Å². The SMILES string of the molecule is C[C@H](NC(=O)C(=Cc1ccc(O)cc1)C(=O)N[C@H](C)c1ccccc1)c1ccccc1. The van der Waals surface area contributed by atoms with Crippen molar-refractivity contribution in [1.29, 1.82) is 0 Å². The lowest BCUT2D eigenvalue weighted by atomic mass is 10.0. The van der Waals surface area contributed by atoms with Crippen LogP contribution >= 0.6 is 0 Å². The first kappa shape index (κ1) is 21.8. The van der Waals surface area contributed by atoms with Crippen molar-refractivity contribution >= 4 is 17.9 Å². The first-order valence-corrected chi connectivity index (χ1v) is 10.2. The van der Waals surface area contributed by atoms with E-state index in [-0.39, 0.29) is 23.4 Å². The normalized spacial score (nSPS) is 13.2. The molecule has 0 aliphatic rings. The zero-order valence-corrected chi connectivity index (χ0v) is 17.6. The van der Waals surface area contributed by atoms with Crippen molar-refractivity contribution in [2.24, 2.45) is 0 Å². The molecule has 3 aromatic carbocycles. The van der Waals surface area contributed by atoms with Crippen LogP contribution in [0.1, 0.15) is 42.6 Å². The maximum absolute atomic E-state index is 13.1. The molecule has 158 valence electrons. The third kappa shape index (κ3) is 6.06. The summed E-state index contributed by atoms with van der Waals surface area (Å²) in [7, 11) is 0. The smallest absolute Gasteiger partial charge is 0.257 e. The molecule has 3 N–H and O–H groups in total. The Bertz CT molecular complexity index is 984. The molecule has 5 heteroatoms. The molecule has 3 aromatic rings. The molecule has 0 saturated heterocycles. The summed E-state index contributed by atoms with van der Waals surface area (Å²) in [6.45, 7) is 3.74. The van der Waals surface area contributed by atoms with Crippen molar-refractivity contribution in [2.75, 3.05) is 0 Å². The van der Waals surface area contributed by atoms with Gasteiger partial charge in [-0.05, 0) is 48.7 Å². The van der Waals surface area contributed by atoms with Gasteiger partial charge < -0.3 is 15.7 Å². The number of hydrogen-bond acceptors (Lipinski definition) is 3. The second-order valence-electron chi connectivity index (χ2n) is 7.36. The number of phenolic OH excluding ortho intramolecular Hbond substituents is 1. The van der Waals surface area contributed by atoms with E-state index in [0.29, 0.717) is 5.56 Å². The highest BCUT2D eigenvalue weighted by Crippen LogP contribution is 2.17. The molecule has 31 heavy (non-hydrogen) atoms. The molecular weight excluding hydrogens is 388 g/mol. The highest BCUT2D eigenvalue weighted by Gasteiger charge is 2.22. The van der Waals surface area contributed by atoms with E-state index < -0.39 is 11.8 Å². The number of benzene rings is 3. The van der Waals surface area contributed by atoms with Crippen LogP contribution in [-0.4, -0.2) is 16.9 Å². The Balaban J connectivity index is 1.84. The summed E-state index contributed by atoms with van der Waals surface area (Å²) in [5.74, 6) is -0.826. The predicted octanol–water partition coefficient (Wildman–Crippen LogP) is 4.53. The number of hydrogen-bond donors (Lipinski definition) is 3. The van der Waals surface area contributed by atoms with E-state index in [4.69, 9.17) is 0 Å². The van der Waals surface area contributed by atoms with Gasteiger partial charge in [-0.1, -0.05) is 72.8 Å². The van der Waals surface area contributed by atoms with Crippen LogP contribution < -0.4 is 10.6 Å². The minimum Gasteiger partial charge on any atom is -0.508 e. The fraction of sp³-hybridized carbons (Fsp3) is 0.154. The first-order valence-electron chi connectivity index (χ1n) is 10.2. The summed E-state index contributed by atoms with van der Waals surface area (Å²) in [4.78, 5) is 26.1. The van der Waals surface area contributed by atoms with Gasteiger partial charge in [-0.2, -0.15) is 0 Å². The molecule has 2 amide bonds. The zero-order chi connectivity index (χ0) is 22.2. The van der Waals surface area contributed by atoms with Crippen molar-refractivity contribution in [3.8, 4) is 5.75 Å². The van der Waals surface area contributed by atoms with Gasteiger partial charge in [-0.3, -0.25) is 9.59 Å². The maximum Gasteiger partial charge on any atom is 0.257 e. The average Bonchev–Trinajstić information content (AvgIpc) is 2.79. The monoisotopic (exact) mass is 414 g/mol. The largest absolute Gasteiger partial charge is 0.508 e. The van der Waals surface area contributed by atoms with E-state index in [9.17, 15) is 14.7 Å². The van der Waals surface area contributed by atoms with Crippen LogP contribution in [0.3, 0.4) is 0 Å². The molecule has 0 spiro atoms. The van der Waals surface area contributed by atoms with Crippen LogP contribution in [0.25, 0.3) is 6.08 Å². The van der Waals surface area contributed by atoms with E-state index >= 15 is 0 Å². The van der Waals surface area contributed by atoms with E-state index in [1.54, 1.807) is 12.1 Å².